The molecule has 0 saturated carbocycles. The van der Waals surface area contributed by atoms with Crippen molar-refractivity contribution >= 4 is 17.8 Å². The van der Waals surface area contributed by atoms with Crippen LogP contribution in [0.3, 0.4) is 0 Å². The van der Waals surface area contributed by atoms with Crippen LogP contribution in [0.15, 0.2) is 11.1 Å². The molecule has 0 fully saturated rings. The molecule has 0 amide bonds. The van der Waals surface area contributed by atoms with Crippen LogP contribution < -0.4 is 5.32 Å². The normalized spacial score (nSPS) is 15.5. The zero-order valence-electron chi connectivity index (χ0n) is 17.4. The van der Waals surface area contributed by atoms with E-state index in [2.05, 4.69) is 44.1 Å². The minimum absolute atomic E-state index is 0.0404. The minimum Gasteiger partial charge on any atom is -0.507 e. The van der Waals surface area contributed by atoms with Crippen LogP contribution in [0.5, 0.6) is 5.75 Å². The van der Waals surface area contributed by atoms with Gasteiger partial charge in [0, 0.05) is 13.0 Å². The summed E-state index contributed by atoms with van der Waals surface area (Å²) in [4.78, 5) is 24.0. The van der Waals surface area contributed by atoms with E-state index < -0.39 is 24.1 Å². The fourth-order valence-electron chi connectivity index (χ4n) is 2.86. The maximum atomic E-state index is 10.5. The van der Waals surface area contributed by atoms with Crippen molar-refractivity contribution in [3.63, 3.8) is 0 Å². The number of aryl methyl sites for hydroxylation is 1. The number of aliphatic imine (C=N–C) groups is 1. The topological polar surface area (TPSA) is 160 Å². The van der Waals surface area contributed by atoms with Gasteiger partial charge in [-0.25, -0.2) is 9.59 Å². The summed E-state index contributed by atoms with van der Waals surface area (Å²) in [5.41, 5.74) is 4.39. The highest BCUT2D eigenvalue weighted by molar-refractivity contribution is 5.86. The summed E-state index contributed by atoms with van der Waals surface area (Å²) in [5.74, 6) is -2.06. The first-order valence-electron chi connectivity index (χ1n) is 9.18. The highest BCUT2D eigenvalue weighted by Gasteiger charge is 2.29. The molecule has 2 unspecified atom stereocenters. The number of aromatic hydroxyl groups is 1. The van der Waals surface area contributed by atoms with E-state index in [-0.39, 0.29) is 5.41 Å². The van der Waals surface area contributed by atoms with Gasteiger partial charge in [-0.05, 0) is 41.5 Å². The number of hydrogen-bond acceptors (Lipinski definition) is 7. The number of carbonyl (C=O) groups is 2. The first-order chi connectivity index (χ1) is 13.3. The second-order valence-corrected chi connectivity index (χ2v) is 7.94. The molecule has 162 valence electrons. The smallest absolute Gasteiger partial charge is 0.335 e. The molecule has 0 aliphatic carbocycles. The van der Waals surface area contributed by atoms with Gasteiger partial charge in [0.2, 0.25) is 0 Å². The second kappa shape index (κ2) is 9.71. The summed E-state index contributed by atoms with van der Waals surface area (Å²) < 4.78 is 0. The third-order valence-corrected chi connectivity index (χ3v) is 4.60. The number of phenolic OH excluding ortho intramolecular Hbond substituents is 1. The van der Waals surface area contributed by atoms with Gasteiger partial charge in [0.25, 0.3) is 0 Å². The molecule has 6 N–H and O–H groups in total. The van der Waals surface area contributed by atoms with Crippen molar-refractivity contribution in [1.29, 1.82) is 0 Å². The fourth-order valence-corrected chi connectivity index (χ4v) is 2.86. The molecule has 1 aliphatic heterocycles. The van der Waals surface area contributed by atoms with Crippen molar-refractivity contribution < 1.29 is 35.1 Å². The molecule has 0 aromatic heterocycles. The Balaban J connectivity index is 0.000000359. The SMILES string of the molecule is Cc1cc(C(C)(C)C)c(O)c(C)c1CC1=NCCN1.O=C(O)C(O)C(O)C(=O)O. The number of nitrogens with one attached hydrogen (secondary N) is 1. The molecule has 0 bridgehead atoms. The van der Waals surface area contributed by atoms with Gasteiger partial charge in [-0.15, -0.1) is 0 Å². The van der Waals surface area contributed by atoms with Gasteiger partial charge in [-0.1, -0.05) is 26.8 Å². The lowest BCUT2D eigenvalue weighted by atomic mass is 9.82. The van der Waals surface area contributed by atoms with Gasteiger partial charge in [0.1, 0.15) is 11.6 Å². The summed E-state index contributed by atoms with van der Waals surface area (Å²) in [7, 11) is 0. The molecule has 0 saturated heterocycles. The molecule has 9 heteroatoms. The van der Waals surface area contributed by atoms with Gasteiger partial charge in [-0.3, -0.25) is 4.99 Å². The van der Waals surface area contributed by atoms with Crippen molar-refractivity contribution in [2.75, 3.05) is 13.1 Å². The van der Waals surface area contributed by atoms with Crippen LogP contribution >= 0.6 is 0 Å². The largest absolute Gasteiger partial charge is 0.507 e. The van der Waals surface area contributed by atoms with Crippen LogP contribution in [0.25, 0.3) is 0 Å². The first-order valence-corrected chi connectivity index (χ1v) is 9.18. The van der Waals surface area contributed by atoms with E-state index in [9.17, 15) is 14.7 Å². The summed E-state index contributed by atoms with van der Waals surface area (Å²) >= 11 is 0. The lowest BCUT2D eigenvalue weighted by Crippen LogP contribution is -2.39. The third kappa shape index (κ3) is 6.43. The van der Waals surface area contributed by atoms with Gasteiger partial charge in [0.05, 0.1) is 6.54 Å². The number of benzene rings is 1. The van der Waals surface area contributed by atoms with Crippen LogP contribution in [0.4, 0.5) is 0 Å². The van der Waals surface area contributed by atoms with Gasteiger partial charge < -0.3 is 30.8 Å². The Bertz CT molecular complexity index is 779. The Labute approximate surface area is 169 Å². The molecular weight excluding hydrogens is 380 g/mol. The van der Waals surface area contributed by atoms with E-state index in [1.54, 1.807) is 0 Å². The van der Waals surface area contributed by atoms with E-state index in [0.717, 1.165) is 36.5 Å². The van der Waals surface area contributed by atoms with E-state index in [4.69, 9.17) is 20.4 Å². The average molecular weight is 410 g/mol. The van der Waals surface area contributed by atoms with Crippen LogP contribution in [0, 0.1) is 13.8 Å². The number of nitrogens with zero attached hydrogens (tertiary/aromatic N) is 1. The molecule has 1 aromatic rings. The third-order valence-electron chi connectivity index (χ3n) is 4.60. The Hall–Kier alpha value is -2.65. The molecule has 0 radical (unpaired) electrons. The van der Waals surface area contributed by atoms with Crippen molar-refractivity contribution in [3.8, 4) is 5.75 Å². The van der Waals surface area contributed by atoms with Crippen molar-refractivity contribution in [2.45, 2.75) is 58.7 Å². The van der Waals surface area contributed by atoms with Crippen LogP contribution in [0.1, 0.15) is 43.0 Å². The Morgan fingerprint density at radius 2 is 1.66 bits per heavy atom. The van der Waals surface area contributed by atoms with E-state index >= 15 is 0 Å². The highest BCUT2D eigenvalue weighted by atomic mass is 16.4. The maximum absolute atomic E-state index is 10.5. The molecule has 0 spiro atoms. The number of hydrogen-bond donors (Lipinski definition) is 6. The number of carboxylic acids is 2. The molecular formula is C20H30N2O7. The first kappa shape index (κ1) is 24.4. The van der Waals surface area contributed by atoms with Crippen molar-refractivity contribution in [3.05, 3.63) is 28.3 Å². The molecule has 9 nitrogen and oxygen atoms in total. The number of amidine groups is 1. The highest BCUT2D eigenvalue weighted by Crippen LogP contribution is 2.36. The number of aliphatic carboxylic acids is 2. The lowest BCUT2D eigenvalue weighted by Gasteiger charge is -2.24. The molecule has 1 aliphatic rings. The predicted octanol–water partition coefficient (Wildman–Crippen LogP) is 0.728. The molecule has 2 atom stereocenters. The quantitative estimate of drug-likeness (QED) is 0.414. The molecule has 1 heterocycles. The lowest BCUT2D eigenvalue weighted by molar-refractivity contribution is -0.165. The van der Waals surface area contributed by atoms with E-state index in [1.165, 1.54) is 11.1 Å². The molecule has 2 rings (SSSR count). The Kier molecular flexibility index (Phi) is 8.16. The summed E-state index contributed by atoms with van der Waals surface area (Å²) in [5, 5.41) is 46.3. The molecule has 1 aromatic carbocycles. The summed E-state index contributed by atoms with van der Waals surface area (Å²) in [6.07, 6.45) is -3.75. The molecule has 29 heavy (non-hydrogen) atoms. The number of phenols is 1. The van der Waals surface area contributed by atoms with Crippen molar-refractivity contribution in [2.24, 2.45) is 4.99 Å². The average Bonchev–Trinajstić information content (AvgIpc) is 3.13. The Morgan fingerprint density at radius 3 is 2.03 bits per heavy atom. The number of rotatable bonds is 5. The minimum atomic E-state index is -2.27. The maximum Gasteiger partial charge on any atom is 0.335 e. The van der Waals surface area contributed by atoms with Gasteiger partial charge in [0.15, 0.2) is 12.2 Å². The number of aliphatic hydroxyl groups excluding tert-OH is 2. The predicted molar refractivity (Wildman–Crippen MR) is 108 cm³/mol. The van der Waals surface area contributed by atoms with E-state index in [1.807, 2.05) is 6.92 Å². The van der Waals surface area contributed by atoms with Crippen molar-refractivity contribution in [1.82, 2.24) is 5.32 Å². The van der Waals surface area contributed by atoms with Crippen LogP contribution in [-0.4, -0.2) is 68.6 Å². The number of carboxylic acid groups (broad SMARTS) is 2. The standard InChI is InChI=1S/C16H24N2O.C4H6O6/c1-10-8-13(16(3,4)5)15(19)11(2)12(10)9-14-17-6-7-18-14;5-1(3(7)8)2(6)4(9)10/h8,19H,6-7,9H2,1-5H3,(H,17,18);1-2,5-6H,(H,7,8)(H,9,10). The zero-order valence-corrected chi connectivity index (χ0v) is 17.4. The van der Waals surface area contributed by atoms with Gasteiger partial charge in [-0.2, -0.15) is 0 Å². The number of aliphatic hydroxyl groups is 2. The summed E-state index contributed by atoms with van der Waals surface area (Å²) in [6, 6.07) is 2.12. The van der Waals surface area contributed by atoms with Gasteiger partial charge >= 0.3 is 11.9 Å². The summed E-state index contributed by atoms with van der Waals surface area (Å²) in [6.45, 7) is 12.3. The fraction of sp³-hybridized carbons (Fsp3) is 0.550. The monoisotopic (exact) mass is 410 g/mol. The zero-order chi connectivity index (χ0) is 22.5. The second-order valence-electron chi connectivity index (χ2n) is 7.94. The Morgan fingerprint density at radius 1 is 1.14 bits per heavy atom. The van der Waals surface area contributed by atoms with Crippen LogP contribution in [0.2, 0.25) is 0 Å². The van der Waals surface area contributed by atoms with E-state index in [0.29, 0.717) is 5.75 Å². The van der Waals surface area contributed by atoms with Crippen LogP contribution in [-0.2, 0) is 21.4 Å².